The molecule has 124 valence electrons. The predicted octanol–water partition coefficient (Wildman–Crippen LogP) is 4.37. The first-order chi connectivity index (χ1) is 10.9. The molecule has 1 aromatic carbocycles. The van der Waals surface area contributed by atoms with E-state index in [-0.39, 0.29) is 12.5 Å². The summed E-state index contributed by atoms with van der Waals surface area (Å²) in [7, 11) is 0. The first-order valence-corrected chi connectivity index (χ1v) is 9.68. The molecular weight excluding hydrogens is 398 g/mol. The van der Waals surface area contributed by atoms with Gasteiger partial charge in [-0.3, -0.25) is 10.1 Å². The minimum Gasteiger partial charge on any atom is -0.484 e. The van der Waals surface area contributed by atoms with Crippen LogP contribution in [0.2, 0.25) is 0 Å². The van der Waals surface area contributed by atoms with E-state index in [4.69, 9.17) is 4.74 Å². The van der Waals surface area contributed by atoms with E-state index in [1.807, 2.05) is 25.1 Å². The van der Waals surface area contributed by atoms with Crippen molar-refractivity contribution in [3.63, 3.8) is 0 Å². The summed E-state index contributed by atoms with van der Waals surface area (Å²) in [5.74, 6) is 1.98. The Morgan fingerprint density at radius 3 is 2.91 bits per heavy atom. The second-order valence-corrected chi connectivity index (χ2v) is 8.42. The largest absolute Gasteiger partial charge is 0.484 e. The van der Waals surface area contributed by atoms with Gasteiger partial charge in [0, 0.05) is 10.2 Å². The lowest BCUT2D eigenvalue weighted by Crippen LogP contribution is -2.20. The van der Waals surface area contributed by atoms with Gasteiger partial charge in [0.05, 0.1) is 0 Å². The van der Waals surface area contributed by atoms with Gasteiger partial charge in [-0.2, -0.15) is 0 Å². The number of hydrogen-bond donors (Lipinski definition) is 1. The van der Waals surface area contributed by atoms with E-state index >= 15 is 0 Å². The fraction of sp³-hybridized carbons (Fsp3) is 0.400. The Hall–Kier alpha value is -1.12. The molecule has 1 heterocycles. The normalized spacial score (nSPS) is 10.8. The number of benzene rings is 1. The molecule has 1 aromatic heterocycles. The maximum atomic E-state index is 11.9. The van der Waals surface area contributed by atoms with E-state index < -0.39 is 0 Å². The van der Waals surface area contributed by atoms with Crippen LogP contribution in [0.3, 0.4) is 0 Å². The summed E-state index contributed by atoms with van der Waals surface area (Å²) in [6.07, 6.45) is 0. The number of nitrogens with one attached hydrogen (secondary N) is 1. The quantitative estimate of drug-likeness (QED) is 0.536. The molecule has 8 heteroatoms. The summed E-state index contributed by atoms with van der Waals surface area (Å²) in [4.78, 5) is 11.9. The molecule has 0 saturated heterocycles. The highest BCUT2D eigenvalue weighted by Gasteiger charge is 2.10. The summed E-state index contributed by atoms with van der Waals surface area (Å²) in [6.45, 7) is 6.21. The van der Waals surface area contributed by atoms with E-state index in [9.17, 15) is 4.79 Å². The molecule has 23 heavy (non-hydrogen) atoms. The molecule has 5 nitrogen and oxygen atoms in total. The number of hydrogen-bond acceptors (Lipinski definition) is 6. The van der Waals surface area contributed by atoms with E-state index in [0.717, 1.165) is 20.1 Å². The van der Waals surface area contributed by atoms with Crippen molar-refractivity contribution < 1.29 is 9.53 Å². The summed E-state index contributed by atoms with van der Waals surface area (Å²) >= 11 is 6.45. The van der Waals surface area contributed by atoms with Gasteiger partial charge in [0.25, 0.3) is 5.91 Å². The predicted molar refractivity (Wildman–Crippen MR) is 98.5 cm³/mol. The van der Waals surface area contributed by atoms with E-state index in [1.54, 1.807) is 11.8 Å². The van der Waals surface area contributed by atoms with Gasteiger partial charge in [0.2, 0.25) is 5.13 Å². The van der Waals surface area contributed by atoms with Crippen LogP contribution < -0.4 is 10.1 Å². The van der Waals surface area contributed by atoms with Crippen molar-refractivity contribution in [2.45, 2.75) is 25.1 Å². The molecular formula is C15H18BrN3O2S2. The molecule has 0 spiro atoms. The van der Waals surface area contributed by atoms with Crippen LogP contribution in [-0.2, 0) is 4.79 Å². The van der Waals surface area contributed by atoms with Crippen molar-refractivity contribution in [2.24, 2.45) is 5.92 Å². The van der Waals surface area contributed by atoms with E-state index in [2.05, 4.69) is 45.3 Å². The molecule has 0 aliphatic rings. The number of aryl methyl sites for hydroxylation is 1. The van der Waals surface area contributed by atoms with Crippen molar-refractivity contribution in [1.82, 2.24) is 10.2 Å². The van der Waals surface area contributed by atoms with E-state index in [0.29, 0.717) is 16.8 Å². The first-order valence-electron chi connectivity index (χ1n) is 7.09. The number of amides is 1. The van der Waals surface area contributed by atoms with Crippen LogP contribution in [0.4, 0.5) is 5.13 Å². The zero-order valence-corrected chi connectivity index (χ0v) is 16.3. The molecule has 0 fully saturated rings. The minimum absolute atomic E-state index is 0.0604. The third-order valence-corrected chi connectivity index (χ3v) is 5.98. The summed E-state index contributed by atoms with van der Waals surface area (Å²) in [6, 6.07) is 5.59. The fourth-order valence-electron chi connectivity index (χ4n) is 1.57. The molecule has 0 bridgehead atoms. The molecule has 2 rings (SSSR count). The van der Waals surface area contributed by atoms with Gasteiger partial charge in [-0.1, -0.05) is 52.9 Å². The van der Waals surface area contributed by atoms with Gasteiger partial charge in [-0.15, -0.1) is 10.2 Å². The minimum atomic E-state index is -0.248. The summed E-state index contributed by atoms with van der Waals surface area (Å²) in [5, 5.41) is 11.2. The Kier molecular flexibility index (Phi) is 6.86. The Labute approximate surface area is 152 Å². The summed E-state index contributed by atoms with van der Waals surface area (Å²) < 4.78 is 7.35. The van der Waals surface area contributed by atoms with Gasteiger partial charge in [0.1, 0.15) is 5.75 Å². The number of aromatic nitrogens is 2. The van der Waals surface area contributed by atoms with Crippen LogP contribution in [0.5, 0.6) is 5.75 Å². The van der Waals surface area contributed by atoms with Crippen LogP contribution in [-0.4, -0.2) is 28.5 Å². The van der Waals surface area contributed by atoms with Crippen LogP contribution in [0.1, 0.15) is 19.4 Å². The summed E-state index contributed by atoms with van der Waals surface area (Å²) in [5.41, 5.74) is 1.05. The van der Waals surface area contributed by atoms with Gasteiger partial charge in [-0.25, -0.2) is 0 Å². The van der Waals surface area contributed by atoms with Gasteiger partial charge >= 0.3 is 0 Å². The Bertz CT molecular complexity index is 676. The lowest BCUT2D eigenvalue weighted by molar-refractivity contribution is -0.118. The standard InChI is InChI=1S/C15H18BrN3O2S2/c1-9(2)8-22-15-19-18-14(23-15)17-13(20)7-21-11-4-5-12(16)10(3)6-11/h4-6,9H,7-8H2,1-3H3,(H,17,18,20). The van der Waals surface area contributed by atoms with Gasteiger partial charge in [-0.05, 0) is 36.6 Å². The van der Waals surface area contributed by atoms with Crippen LogP contribution in [0.15, 0.2) is 27.0 Å². The third-order valence-electron chi connectivity index (χ3n) is 2.69. The van der Waals surface area contributed by atoms with Gasteiger partial charge < -0.3 is 4.74 Å². The molecule has 1 amide bonds. The zero-order valence-electron chi connectivity index (χ0n) is 13.1. The number of thioether (sulfide) groups is 1. The highest BCUT2D eigenvalue weighted by molar-refractivity contribution is 9.10. The average molecular weight is 416 g/mol. The van der Waals surface area contributed by atoms with Crippen molar-refractivity contribution in [3.05, 3.63) is 28.2 Å². The first kappa shape index (κ1) is 18.2. The molecule has 0 atom stereocenters. The van der Waals surface area contributed by atoms with Crippen molar-refractivity contribution in [3.8, 4) is 5.75 Å². The topological polar surface area (TPSA) is 64.1 Å². The maximum absolute atomic E-state index is 11.9. The Balaban J connectivity index is 1.81. The molecule has 2 aromatic rings. The highest BCUT2D eigenvalue weighted by Crippen LogP contribution is 2.27. The number of carbonyl (C=O) groups is 1. The lowest BCUT2D eigenvalue weighted by Gasteiger charge is -2.07. The number of ether oxygens (including phenoxy) is 1. The molecule has 0 unspecified atom stereocenters. The molecule has 0 radical (unpaired) electrons. The van der Waals surface area contributed by atoms with E-state index in [1.165, 1.54) is 11.3 Å². The Morgan fingerprint density at radius 1 is 1.43 bits per heavy atom. The van der Waals surface area contributed by atoms with Crippen molar-refractivity contribution in [1.29, 1.82) is 0 Å². The molecule has 1 N–H and O–H groups in total. The molecule has 0 aliphatic heterocycles. The second-order valence-electron chi connectivity index (χ2n) is 5.33. The third kappa shape index (κ3) is 6.12. The second kappa shape index (κ2) is 8.65. The fourth-order valence-corrected chi connectivity index (χ4v) is 3.56. The number of halogens is 1. The number of anilines is 1. The molecule has 0 saturated carbocycles. The smallest absolute Gasteiger partial charge is 0.264 e. The number of rotatable bonds is 7. The highest BCUT2D eigenvalue weighted by atomic mass is 79.9. The van der Waals surface area contributed by atoms with Crippen LogP contribution in [0.25, 0.3) is 0 Å². The number of nitrogens with zero attached hydrogens (tertiary/aromatic N) is 2. The average Bonchev–Trinajstić information content (AvgIpc) is 2.94. The maximum Gasteiger partial charge on any atom is 0.264 e. The van der Waals surface area contributed by atoms with Crippen LogP contribution in [0, 0.1) is 12.8 Å². The van der Waals surface area contributed by atoms with Crippen molar-refractivity contribution in [2.75, 3.05) is 17.7 Å². The van der Waals surface area contributed by atoms with Gasteiger partial charge in [0.15, 0.2) is 10.9 Å². The molecule has 0 aliphatic carbocycles. The van der Waals surface area contributed by atoms with Crippen LogP contribution >= 0.6 is 39.0 Å². The SMILES string of the molecule is Cc1cc(OCC(=O)Nc2nnc(SCC(C)C)s2)ccc1Br. The zero-order chi connectivity index (χ0) is 16.8. The lowest BCUT2D eigenvalue weighted by atomic mass is 10.2. The Morgan fingerprint density at radius 2 is 2.22 bits per heavy atom. The monoisotopic (exact) mass is 415 g/mol. The number of carbonyl (C=O) groups excluding carboxylic acids is 1. The van der Waals surface area contributed by atoms with Crippen molar-refractivity contribution >= 4 is 50.1 Å².